The topological polar surface area (TPSA) is 9.23 Å². The highest BCUT2D eigenvalue weighted by Crippen LogP contribution is 2.25. The maximum Gasteiger partial charge on any atom is 0.118 e. The minimum absolute atomic E-state index is 0.868. The van der Waals surface area contributed by atoms with Gasteiger partial charge in [-0.1, -0.05) is 36.3 Å². The van der Waals surface area contributed by atoms with Crippen LogP contribution in [0.1, 0.15) is 12.5 Å². The molecule has 84 valence electrons. The molecule has 0 aromatic heterocycles. The zero-order chi connectivity index (χ0) is 12.1. The van der Waals surface area contributed by atoms with Crippen LogP contribution in [0.4, 0.5) is 0 Å². The highest BCUT2D eigenvalue weighted by Gasteiger charge is 2.02. The standard InChI is InChI=1S/C16H14O/c1-3-6-13-7-4-5-8-16(13)14-9-11-15(17-2)12-10-14/h4-5,7-12H,1-2H3. The van der Waals surface area contributed by atoms with Crippen molar-refractivity contribution in [3.8, 4) is 28.7 Å². The molecular formula is C16H14O. The van der Waals surface area contributed by atoms with E-state index in [9.17, 15) is 0 Å². The van der Waals surface area contributed by atoms with Crippen molar-refractivity contribution in [3.05, 3.63) is 54.1 Å². The summed E-state index contributed by atoms with van der Waals surface area (Å²) in [6.07, 6.45) is 0. The lowest BCUT2D eigenvalue weighted by molar-refractivity contribution is 0.415. The molecule has 0 aliphatic heterocycles. The van der Waals surface area contributed by atoms with Crippen LogP contribution in [0.2, 0.25) is 0 Å². The van der Waals surface area contributed by atoms with Gasteiger partial charge in [0.1, 0.15) is 5.75 Å². The monoisotopic (exact) mass is 222 g/mol. The summed E-state index contributed by atoms with van der Waals surface area (Å²) >= 11 is 0. The first-order chi connectivity index (χ1) is 8.35. The second kappa shape index (κ2) is 5.23. The molecule has 0 aliphatic rings. The third kappa shape index (κ3) is 2.49. The van der Waals surface area contributed by atoms with Gasteiger partial charge in [0.25, 0.3) is 0 Å². The van der Waals surface area contributed by atoms with E-state index in [4.69, 9.17) is 4.74 Å². The Morgan fingerprint density at radius 1 is 0.941 bits per heavy atom. The van der Waals surface area contributed by atoms with Crippen molar-refractivity contribution in [1.82, 2.24) is 0 Å². The van der Waals surface area contributed by atoms with E-state index in [1.807, 2.05) is 37.3 Å². The van der Waals surface area contributed by atoms with Crippen LogP contribution in [-0.4, -0.2) is 7.11 Å². The summed E-state index contributed by atoms with van der Waals surface area (Å²) in [6.45, 7) is 1.85. The molecule has 0 saturated carbocycles. The van der Waals surface area contributed by atoms with E-state index in [2.05, 4.69) is 30.0 Å². The van der Waals surface area contributed by atoms with E-state index in [1.165, 1.54) is 0 Å². The number of hydrogen-bond acceptors (Lipinski definition) is 1. The molecule has 0 spiro atoms. The van der Waals surface area contributed by atoms with Crippen molar-refractivity contribution in [2.45, 2.75) is 6.92 Å². The number of rotatable bonds is 2. The van der Waals surface area contributed by atoms with E-state index in [0.717, 1.165) is 22.4 Å². The van der Waals surface area contributed by atoms with Gasteiger partial charge in [0.15, 0.2) is 0 Å². The van der Waals surface area contributed by atoms with E-state index in [1.54, 1.807) is 7.11 Å². The molecule has 2 aromatic rings. The fourth-order valence-corrected chi connectivity index (χ4v) is 1.75. The Labute approximate surface area is 102 Å². The Bertz CT molecular complexity index is 556. The Balaban J connectivity index is 2.47. The molecule has 0 amide bonds. The average Bonchev–Trinajstić information content (AvgIpc) is 2.40. The van der Waals surface area contributed by atoms with Gasteiger partial charge in [-0.05, 0) is 36.2 Å². The van der Waals surface area contributed by atoms with Crippen molar-refractivity contribution in [1.29, 1.82) is 0 Å². The molecule has 0 bridgehead atoms. The van der Waals surface area contributed by atoms with E-state index in [0.29, 0.717) is 0 Å². The molecule has 0 atom stereocenters. The molecule has 0 saturated heterocycles. The van der Waals surface area contributed by atoms with Crippen LogP contribution in [0, 0.1) is 11.8 Å². The first-order valence-corrected chi connectivity index (χ1v) is 5.51. The second-order valence-corrected chi connectivity index (χ2v) is 3.65. The molecule has 1 nitrogen and oxygen atoms in total. The molecule has 0 heterocycles. The summed E-state index contributed by atoms with van der Waals surface area (Å²) in [6, 6.07) is 16.2. The third-order valence-corrected chi connectivity index (χ3v) is 2.59. The van der Waals surface area contributed by atoms with Gasteiger partial charge in [-0.3, -0.25) is 0 Å². The highest BCUT2D eigenvalue weighted by molar-refractivity contribution is 5.71. The highest BCUT2D eigenvalue weighted by atomic mass is 16.5. The molecule has 17 heavy (non-hydrogen) atoms. The van der Waals surface area contributed by atoms with Crippen LogP contribution in [0.5, 0.6) is 5.75 Å². The van der Waals surface area contributed by atoms with Gasteiger partial charge in [-0.2, -0.15) is 0 Å². The van der Waals surface area contributed by atoms with E-state index >= 15 is 0 Å². The van der Waals surface area contributed by atoms with Gasteiger partial charge < -0.3 is 4.74 Å². The first-order valence-electron chi connectivity index (χ1n) is 5.51. The summed E-state index contributed by atoms with van der Waals surface area (Å²) in [5.74, 6) is 6.93. The normalized spacial score (nSPS) is 9.29. The van der Waals surface area contributed by atoms with Crippen molar-refractivity contribution in [2.75, 3.05) is 7.11 Å². The summed E-state index contributed by atoms with van der Waals surface area (Å²) in [4.78, 5) is 0. The molecule has 2 aromatic carbocycles. The smallest absolute Gasteiger partial charge is 0.118 e. The summed E-state index contributed by atoms with van der Waals surface area (Å²) in [7, 11) is 1.67. The number of ether oxygens (including phenoxy) is 1. The van der Waals surface area contributed by atoms with Gasteiger partial charge in [0, 0.05) is 5.56 Å². The summed E-state index contributed by atoms with van der Waals surface area (Å²) in [5, 5.41) is 0. The van der Waals surface area contributed by atoms with Gasteiger partial charge in [-0.25, -0.2) is 0 Å². The lowest BCUT2D eigenvalue weighted by Gasteiger charge is -2.06. The van der Waals surface area contributed by atoms with E-state index < -0.39 is 0 Å². The Morgan fingerprint density at radius 2 is 1.65 bits per heavy atom. The molecule has 0 fully saturated rings. The second-order valence-electron chi connectivity index (χ2n) is 3.65. The fourth-order valence-electron chi connectivity index (χ4n) is 1.75. The molecule has 0 radical (unpaired) electrons. The Hall–Kier alpha value is -2.20. The quantitative estimate of drug-likeness (QED) is 0.703. The van der Waals surface area contributed by atoms with Crippen LogP contribution < -0.4 is 4.74 Å². The predicted molar refractivity (Wildman–Crippen MR) is 71.0 cm³/mol. The largest absolute Gasteiger partial charge is 0.497 e. The van der Waals surface area contributed by atoms with E-state index in [-0.39, 0.29) is 0 Å². The lowest BCUT2D eigenvalue weighted by Crippen LogP contribution is -1.85. The van der Waals surface area contributed by atoms with Crippen LogP contribution in [0.25, 0.3) is 11.1 Å². The summed E-state index contributed by atoms with van der Waals surface area (Å²) in [5.41, 5.74) is 3.37. The maximum atomic E-state index is 5.15. The zero-order valence-electron chi connectivity index (χ0n) is 10.0. The third-order valence-electron chi connectivity index (χ3n) is 2.59. The van der Waals surface area contributed by atoms with Gasteiger partial charge >= 0.3 is 0 Å². The maximum absolute atomic E-state index is 5.15. The average molecular weight is 222 g/mol. The zero-order valence-corrected chi connectivity index (χ0v) is 10.0. The van der Waals surface area contributed by atoms with Crippen molar-refractivity contribution in [3.63, 3.8) is 0 Å². The molecule has 2 rings (SSSR count). The number of hydrogen-bond donors (Lipinski definition) is 0. The first kappa shape index (κ1) is 11.3. The lowest BCUT2D eigenvalue weighted by atomic mass is 10.00. The van der Waals surface area contributed by atoms with Crippen molar-refractivity contribution < 1.29 is 4.74 Å². The van der Waals surface area contributed by atoms with Crippen LogP contribution >= 0.6 is 0 Å². The molecular weight excluding hydrogens is 208 g/mol. The predicted octanol–water partition coefficient (Wildman–Crippen LogP) is 3.73. The fraction of sp³-hybridized carbons (Fsp3) is 0.125. The molecule has 0 aliphatic carbocycles. The SMILES string of the molecule is CC#Cc1ccccc1-c1ccc(OC)cc1. The number of benzene rings is 2. The van der Waals surface area contributed by atoms with Crippen molar-refractivity contribution in [2.24, 2.45) is 0 Å². The minimum Gasteiger partial charge on any atom is -0.497 e. The van der Waals surface area contributed by atoms with Crippen LogP contribution in [0.15, 0.2) is 48.5 Å². The molecule has 0 N–H and O–H groups in total. The Kier molecular flexibility index (Phi) is 3.47. The van der Waals surface area contributed by atoms with Gasteiger partial charge in [0.05, 0.1) is 7.11 Å². The van der Waals surface area contributed by atoms with Gasteiger partial charge in [-0.15, -0.1) is 5.92 Å². The van der Waals surface area contributed by atoms with Crippen LogP contribution in [0.3, 0.4) is 0 Å². The summed E-state index contributed by atoms with van der Waals surface area (Å²) < 4.78 is 5.15. The van der Waals surface area contributed by atoms with Gasteiger partial charge in [0.2, 0.25) is 0 Å². The molecule has 1 heteroatoms. The molecule has 0 unspecified atom stereocenters. The minimum atomic E-state index is 0.868. The van der Waals surface area contributed by atoms with Crippen LogP contribution in [-0.2, 0) is 0 Å². The number of methoxy groups -OCH3 is 1. The Morgan fingerprint density at radius 3 is 2.29 bits per heavy atom. The van der Waals surface area contributed by atoms with Crippen molar-refractivity contribution >= 4 is 0 Å².